The van der Waals surface area contributed by atoms with Crippen LogP contribution >= 0.6 is 11.6 Å². The molecule has 5 heteroatoms. The first-order valence-electron chi connectivity index (χ1n) is 5.90. The number of nitrogens with zero attached hydrogens (tertiary/aromatic N) is 1. The Labute approximate surface area is 110 Å². The van der Waals surface area contributed by atoms with Crippen LogP contribution in [0.1, 0.15) is 25.7 Å². The number of halogens is 2. The molecule has 1 aromatic rings. The fourth-order valence-electron chi connectivity index (χ4n) is 2.30. The molecule has 0 aromatic heterocycles. The maximum absolute atomic E-state index is 13.1. The van der Waals surface area contributed by atoms with Crippen molar-refractivity contribution in [3.05, 3.63) is 29.0 Å². The maximum Gasteiger partial charge on any atom is 0.258 e. The predicted octanol–water partition coefficient (Wildman–Crippen LogP) is 2.75. The summed E-state index contributed by atoms with van der Waals surface area (Å²) < 4.78 is 13.1. The van der Waals surface area contributed by atoms with Crippen molar-refractivity contribution in [2.45, 2.75) is 31.3 Å². The molecule has 1 aromatic carbocycles. The van der Waals surface area contributed by atoms with E-state index >= 15 is 0 Å². The standard InChI is InChI=1S/C13H15ClFNO2/c1-16(9-4-5-11(15)10(14)8-9)12(17)13(18)6-2-3-7-13/h4-5,8,18H,2-3,6-7H2,1H3. The van der Waals surface area contributed by atoms with E-state index in [-0.39, 0.29) is 10.9 Å². The van der Waals surface area contributed by atoms with Crippen LogP contribution in [-0.4, -0.2) is 23.7 Å². The van der Waals surface area contributed by atoms with Gasteiger partial charge in [-0.3, -0.25) is 4.79 Å². The third-order valence-corrected chi connectivity index (χ3v) is 3.71. The maximum atomic E-state index is 13.1. The van der Waals surface area contributed by atoms with E-state index < -0.39 is 11.4 Å². The van der Waals surface area contributed by atoms with Gasteiger partial charge in [0.1, 0.15) is 11.4 Å². The SMILES string of the molecule is CN(C(=O)C1(O)CCCC1)c1ccc(F)c(Cl)c1. The molecule has 1 aliphatic carbocycles. The quantitative estimate of drug-likeness (QED) is 0.898. The number of benzene rings is 1. The van der Waals surface area contributed by atoms with Gasteiger partial charge in [-0.15, -0.1) is 0 Å². The molecule has 0 spiro atoms. The molecule has 1 saturated carbocycles. The second-order valence-electron chi connectivity index (χ2n) is 4.70. The first-order valence-corrected chi connectivity index (χ1v) is 6.27. The van der Waals surface area contributed by atoms with Gasteiger partial charge in [-0.05, 0) is 43.9 Å². The van der Waals surface area contributed by atoms with E-state index in [9.17, 15) is 14.3 Å². The zero-order valence-corrected chi connectivity index (χ0v) is 10.9. The summed E-state index contributed by atoms with van der Waals surface area (Å²) in [5.74, 6) is -0.886. The lowest BCUT2D eigenvalue weighted by Crippen LogP contribution is -2.45. The van der Waals surface area contributed by atoms with Crippen LogP contribution in [0.5, 0.6) is 0 Å². The summed E-state index contributed by atoms with van der Waals surface area (Å²) in [6.07, 6.45) is 2.65. The third-order valence-electron chi connectivity index (χ3n) is 3.42. The molecule has 0 unspecified atom stereocenters. The van der Waals surface area contributed by atoms with Gasteiger partial charge in [-0.1, -0.05) is 11.6 Å². The summed E-state index contributed by atoms with van der Waals surface area (Å²) >= 11 is 5.68. The van der Waals surface area contributed by atoms with Gasteiger partial charge in [0.25, 0.3) is 5.91 Å². The van der Waals surface area contributed by atoms with Crippen molar-refractivity contribution in [1.29, 1.82) is 0 Å². The number of aliphatic hydroxyl groups is 1. The summed E-state index contributed by atoms with van der Waals surface area (Å²) in [5.41, 5.74) is -0.804. The number of anilines is 1. The van der Waals surface area contributed by atoms with Crippen LogP contribution in [0.3, 0.4) is 0 Å². The first-order chi connectivity index (χ1) is 8.44. The molecule has 0 bridgehead atoms. The van der Waals surface area contributed by atoms with Crippen molar-refractivity contribution < 1.29 is 14.3 Å². The Morgan fingerprint density at radius 3 is 2.61 bits per heavy atom. The van der Waals surface area contributed by atoms with Gasteiger partial charge in [0.15, 0.2) is 0 Å². The summed E-state index contributed by atoms with van der Waals surface area (Å²) in [5, 5.41) is 10.2. The number of likely N-dealkylation sites (N-methyl/N-ethyl adjacent to an activating group) is 1. The van der Waals surface area contributed by atoms with Crippen LogP contribution in [0.4, 0.5) is 10.1 Å². The van der Waals surface area contributed by atoms with E-state index in [1.807, 2.05) is 0 Å². The Hall–Kier alpha value is -1.13. The van der Waals surface area contributed by atoms with Gasteiger partial charge < -0.3 is 10.0 Å². The van der Waals surface area contributed by atoms with E-state index in [4.69, 9.17) is 11.6 Å². The average Bonchev–Trinajstić information content (AvgIpc) is 2.79. The highest BCUT2D eigenvalue weighted by Gasteiger charge is 2.41. The van der Waals surface area contributed by atoms with Gasteiger partial charge in [0, 0.05) is 12.7 Å². The lowest BCUT2D eigenvalue weighted by atomic mass is 10.0. The van der Waals surface area contributed by atoms with Crippen molar-refractivity contribution in [3.63, 3.8) is 0 Å². The fourth-order valence-corrected chi connectivity index (χ4v) is 2.47. The summed E-state index contributed by atoms with van der Waals surface area (Å²) in [6, 6.07) is 4.06. The molecule has 0 saturated heterocycles. The zero-order valence-electron chi connectivity index (χ0n) is 10.1. The predicted molar refractivity (Wildman–Crippen MR) is 68.2 cm³/mol. The van der Waals surface area contributed by atoms with Crippen molar-refractivity contribution in [2.24, 2.45) is 0 Å². The lowest BCUT2D eigenvalue weighted by molar-refractivity contribution is -0.135. The number of carbonyl (C=O) groups is 1. The summed E-state index contributed by atoms with van der Waals surface area (Å²) in [6.45, 7) is 0. The van der Waals surface area contributed by atoms with Crippen molar-refractivity contribution in [2.75, 3.05) is 11.9 Å². The number of amides is 1. The minimum absolute atomic E-state index is 0.0365. The van der Waals surface area contributed by atoms with Crippen molar-refractivity contribution >= 4 is 23.2 Å². The van der Waals surface area contributed by atoms with Crippen LogP contribution < -0.4 is 4.90 Å². The lowest BCUT2D eigenvalue weighted by Gasteiger charge is -2.27. The Bertz CT molecular complexity index is 472. The molecule has 3 nitrogen and oxygen atoms in total. The average molecular weight is 272 g/mol. The molecular formula is C13H15ClFNO2. The number of rotatable bonds is 2. The van der Waals surface area contributed by atoms with E-state index in [1.54, 1.807) is 7.05 Å². The van der Waals surface area contributed by atoms with Crippen LogP contribution in [-0.2, 0) is 4.79 Å². The highest BCUT2D eigenvalue weighted by molar-refractivity contribution is 6.31. The highest BCUT2D eigenvalue weighted by Crippen LogP contribution is 2.32. The molecule has 1 amide bonds. The number of hydrogen-bond donors (Lipinski definition) is 1. The van der Waals surface area contributed by atoms with Gasteiger partial charge >= 0.3 is 0 Å². The number of hydrogen-bond acceptors (Lipinski definition) is 2. The topological polar surface area (TPSA) is 40.5 Å². The van der Waals surface area contributed by atoms with E-state index in [0.29, 0.717) is 18.5 Å². The first kappa shape index (κ1) is 13.3. The monoisotopic (exact) mass is 271 g/mol. The second kappa shape index (κ2) is 4.86. The Morgan fingerprint density at radius 2 is 2.06 bits per heavy atom. The largest absolute Gasteiger partial charge is 0.380 e. The molecule has 0 radical (unpaired) electrons. The molecule has 2 rings (SSSR count). The smallest absolute Gasteiger partial charge is 0.258 e. The molecule has 0 heterocycles. The molecular weight excluding hydrogens is 257 g/mol. The molecule has 0 atom stereocenters. The van der Waals surface area contributed by atoms with Crippen LogP contribution in [0.25, 0.3) is 0 Å². The van der Waals surface area contributed by atoms with Gasteiger partial charge in [0.05, 0.1) is 5.02 Å². The van der Waals surface area contributed by atoms with Crippen LogP contribution in [0.15, 0.2) is 18.2 Å². The summed E-state index contributed by atoms with van der Waals surface area (Å²) in [7, 11) is 1.56. The molecule has 1 fully saturated rings. The summed E-state index contributed by atoms with van der Waals surface area (Å²) in [4.78, 5) is 13.5. The van der Waals surface area contributed by atoms with Gasteiger partial charge in [0.2, 0.25) is 0 Å². The zero-order chi connectivity index (χ0) is 13.3. The minimum Gasteiger partial charge on any atom is -0.380 e. The fraction of sp³-hybridized carbons (Fsp3) is 0.462. The number of carbonyl (C=O) groups excluding carboxylic acids is 1. The molecule has 0 aliphatic heterocycles. The van der Waals surface area contributed by atoms with Crippen LogP contribution in [0.2, 0.25) is 5.02 Å². The highest BCUT2D eigenvalue weighted by atomic mass is 35.5. The molecule has 1 N–H and O–H groups in total. The molecule has 98 valence electrons. The van der Waals surface area contributed by atoms with Gasteiger partial charge in [-0.25, -0.2) is 4.39 Å². The van der Waals surface area contributed by atoms with E-state index in [0.717, 1.165) is 12.8 Å². The van der Waals surface area contributed by atoms with Gasteiger partial charge in [-0.2, -0.15) is 0 Å². The van der Waals surface area contributed by atoms with E-state index in [2.05, 4.69) is 0 Å². The Kier molecular flexibility index (Phi) is 3.59. The van der Waals surface area contributed by atoms with E-state index in [1.165, 1.54) is 23.1 Å². The normalized spacial score (nSPS) is 17.8. The Morgan fingerprint density at radius 1 is 1.44 bits per heavy atom. The van der Waals surface area contributed by atoms with Crippen molar-refractivity contribution in [3.8, 4) is 0 Å². The van der Waals surface area contributed by atoms with Crippen LogP contribution in [0, 0.1) is 5.82 Å². The Balaban J connectivity index is 2.22. The van der Waals surface area contributed by atoms with Crippen molar-refractivity contribution in [1.82, 2.24) is 0 Å². The second-order valence-corrected chi connectivity index (χ2v) is 5.11. The molecule has 18 heavy (non-hydrogen) atoms. The minimum atomic E-state index is -1.28. The molecule has 1 aliphatic rings. The third kappa shape index (κ3) is 2.35.